The molecule has 8 rings (SSSR count). The van der Waals surface area contributed by atoms with Crippen molar-refractivity contribution in [1.82, 2.24) is 4.90 Å². The van der Waals surface area contributed by atoms with Gasteiger partial charge in [-0.25, -0.2) is 4.79 Å². The number of carbonyl (C=O) groups excluding carboxylic acids is 1. The van der Waals surface area contributed by atoms with E-state index in [4.69, 9.17) is 28.4 Å². The lowest BCUT2D eigenvalue weighted by Crippen LogP contribution is -2.60. The maximum Gasteiger partial charge on any atom is 0.335 e. The van der Waals surface area contributed by atoms with E-state index in [1.807, 2.05) is 0 Å². The van der Waals surface area contributed by atoms with Gasteiger partial charge in [-0.15, -0.1) is 0 Å². The molecule has 14 nitrogen and oxygen atoms in total. The molecule has 4 aliphatic carbocycles. The smallest absolute Gasteiger partial charge is 0.335 e. The number of rotatable bonds is 10. The van der Waals surface area contributed by atoms with E-state index in [-0.39, 0.29) is 41.6 Å². The SMILES string of the molecule is COC1(CC(C)C)CCC2(CO1)C1CCC3=C4C(CC3)[C@H](C(=O)OC[C@H]3O[C@@H](OC5OC=C(C(=O)O)[C@H]6CC=C(CO)[C@@H]56)[C@H](O)[C@@H](O)[C@@H]3O)CC42N(C)C1. The highest BCUT2D eigenvalue weighted by Gasteiger charge is 2.72. The molecule has 4 aliphatic heterocycles. The molecule has 3 saturated heterocycles. The van der Waals surface area contributed by atoms with Gasteiger partial charge >= 0.3 is 11.9 Å². The predicted molar refractivity (Wildman–Crippen MR) is 189 cm³/mol. The van der Waals surface area contributed by atoms with Crippen molar-refractivity contribution in [1.29, 1.82) is 0 Å². The van der Waals surface area contributed by atoms with E-state index < -0.39 is 66.5 Å². The third kappa shape index (κ3) is 5.76. The summed E-state index contributed by atoms with van der Waals surface area (Å²) in [5.41, 5.74) is 2.97. The molecule has 14 atom stereocenters. The summed E-state index contributed by atoms with van der Waals surface area (Å²) in [6.45, 7) is 5.17. The van der Waals surface area contributed by atoms with E-state index in [0.717, 1.165) is 57.8 Å². The molecule has 2 bridgehead atoms. The van der Waals surface area contributed by atoms with Crippen LogP contribution in [0.4, 0.5) is 0 Å². The quantitative estimate of drug-likeness (QED) is 0.161. The van der Waals surface area contributed by atoms with Crippen LogP contribution < -0.4 is 0 Å². The van der Waals surface area contributed by atoms with Crippen LogP contribution in [-0.2, 0) is 38.0 Å². The molecule has 6 unspecified atom stereocenters. The molecule has 4 heterocycles. The first-order chi connectivity index (χ1) is 25.8. The van der Waals surface area contributed by atoms with Gasteiger partial charge in [0.05, 0.1) is 42.4 Å². The normalized spacial score (nSPS) is 45.5. The Balaban J connectivity index is 0.987. The first kappa shape index (κ1) is 38.5. The minimum atomic E-state index is -1.70. The first-order valence-electron chi connectivity index (χ1n) is 19.8. The van der Waals surface area contributed by atoms with E-state index in [9.17, 15) is 35.1 Å². The molecule has 14 heteroatoms. The Hall–Kier alpha value is -2.40. The van der Waals surface area contributed by atoms with Crippen molar-refractivity contribution in [2.24, 2.45) is 40.9 Å². The van der Waals surface area contributed by atoms with Crippen molar-refractivity contribution < 1.29 is 63.5 Å². The summed E-state index contributed by atoms with van der Waals surface area (Å²) in [4.78, 5) is 28.6. The lowest BCUT2D eigenvalue weighted by molar-refractivity contribution is -0.340. The van der Waals surface area contributed by atoms with Crippen molar-refractivity contribution >= 4 is 11.9 Å². The highest BCUT2D eigenvalue weighted by Crippen LogP contribution is 2.70. The summed E-state index contributed by atoms with van der Waals surface area (Å²) in [5, 5.41) is 52.4. The minimum absolute atomic E-state index is 0.0347. The molecular weight excluding hydrogens is 702 g/mol. The number of likely N-dealkylation sites (tertiary alicyclic amines) is 1. The largest absolute Gasteiger partial charge is 0.478 e. The van der Waals surface area contributed by atoms with E-state index >= 15 is 0 Å². The van der Waals surface area contributed by atoms with Crippen molar-refractivity contribution in [2.75, 3.05) is 40.5 Å². The second-order valence-corrected chi connectivity index (χ2v) is 17.6. The van der Waals surface area contributed by atoms with Crippen LogP contribution in [-0.4, -0.2) is 131 Å². The summed E-state index contributed by atoms with van der Waals surface area (Å²) in [5.74, 6) is -2.87. The highest BCUT2D eigenvalue weighted by molar-refractivity contribution is 5.87. The van der Waals surface area contributed by atoms with Crippen LogP contribution in [0.3, 0.4) is 0 Å². The molecule has 0 aromatic heterocycles. The Morgan fingerprint density at radius 3 is 2.52 bits per heavy atom. The number of fused-ring (bicyclic) bond motifs is 1. The molecule has 1 saturated carbocycles. The Morgan fingerprint density at radius 1 is 1.06 bits per heavy atom. The molecule has 0 aromatic carbocycles. The number of carboxylic acid groups (broad SMARTS) is 1. The number of aliphatic hydroxyl groups is 4. The number of nitrogens with zero attached hydrogens (tertiary/aromatic N) is 1. The number of esters is 1. The molecule has 54 heavy (non-hydrogen) atoms. The number of hydrogen-bond acceptors (Lipinski definition) is 13. The lowest BCUT2D eigenvalue weighted by Gasteiger charge is -2.55. The van der Waals surface area contributed by atoms with Gasteiger partial charge in [0.25, 0.3) is 0 Å². The van der Waals surface area contributed by atoms with Crippen LogP contribution in [0.5, 0.6) is 0 Å². The average Bonchev–Trinajstić information content (AvgIpc) is 3.89. The Morgan fingerprint density at radius 2 is 1.83 bits per heavy atom. The van der Waals surface area contributed by atoms with Crippen molar-refractivity contribution in [3.63, 3.8) is 0 Å². The lowest BCUT2D eigenvalue weighted by atomic mass is 9.59. The summed E-state index contributed by atoms with van der Waals surface area (Å²) in [6.07, 6.45) is 1.50. The van der Waals surface area contributed by atoms with E-state index in [2.05, 4.69) is 25.8 Å². The van der Waals surface area contributed by atoms with Crippen molar-refractivity contribution in [2.45, 2.75) is 120 Å². The van der Waals surface area contributed by atoms with Crippen LogP contribution in [0.25, 0.3) is 0 Å². The number of carboxylic acids is 1. The fourth-order valence-electron chi connectivity index (χ4n) is 12.3. The maximum atomic E-state index is 14.3. The first-order valence-corrected chi connectivity index (χ1v) is 19.8. The maximum absolute atomic E-state index is 14.3. The minimum Gasteiger partial charge on any atom is -0.478 e. The third-order valence-corrected chi connectivity index (χ3v) is 14.7. The van der Waals surface area contributed by atoms with Crippen LogP contribution in [0.15, 0.2) is 34.6 Å². The van der Waals surface area contributed by atoms with Crippen LogP contribution in [0, 0.1) is 40.9 Å². The van der Waals surface area contributed by atoms with Gasteiger partial charge in [-0.3, -0.25) is 9.69 Å². The van der Waals surface area contributed by atoms with Gasteiger partial charge < -0.3 is 54.0 Å². The molecule has 5 N–H and O–H groups in total. The van der Waals surface area contributed by atoms with Gasteiger partial charge in [0.15, 0.2) is 12.1 Å². The number of likely N-dealkylation sites (N-methyl/N-ethyl adjacent to an activating group) is 1. The molecule has 8 aliphatic rings. The van der Waals surface area contributed by atoms with Crippen LogP contribution in [0.2, 0.25) is 0 Å². The fourth-order valence-corrected chi connectivity index (χ4v) is 12.3. The monoisotopic (exact) mass is 759 g/mol. The summed E-state index contributed by atoms with van der Waals surface area (Å²) < 4.78 is 36.5. The van der Waals surface area contributed by atoms with E-state index in [0.29, 0.717) is 36.9 Å². The molecule has 2 spiro atoms. The van der Waals surface area contributed by atoms with Crippen molar-refractivity contribution in [3.05, 3.63) is 34.6 Å². The molecule has 4 fully saturated rings. The molecule has 0 radical (unpaired) electrons. The molecule has 300 valence electrons. The standard InChI is InChI=1S/C40H57NO13/c1-20(2)13-39(49-4)12-11-38(19-52-39)23-8-5-21-6-10-25-26(14-40(38,30(21)25)41(3)15-23)35(48)50-18-28-31(43)32(44)33(45)37(53-28)54-36-29-22(16-42)7-9-24(29)27(17-51-36)34(46)47/h7,17,20,23-26,28-29,31-33,36-37,42-45H,5-6,8-16,18-19H2,1-4H3,(H,46,47)/t23?,24-,25?,26-,28-,29-,31-,32+,33-,36?,37+,38?,39?,40?/m1/s1. The zero-order valence-electron chi connectivity index (χ0n) is 31.7. The second kappa shape index (κ2) is 14.2. The number of aliphatic hydroxyl groups excluding tert-OH is 4. The Labute approximate surface area is 316 Å². The van der Waals surface area contributed by atoms with Crippen LogP contribution >= 0.6 is 0 Å². The number of aliphatic carboxylic acids is 1. The number of hydrogen-bond donors (Lipinski definition) is 5. The molecular formula is C40H57NO13. The zero-order valence-corrected chi connectivity index (χ0v) is 31.7. The summed E-state index contributed by atoms with van der Waals surface area (Å²) in [7, 11) is 3.95. The number of methoxy groups -OCH3 is 1. The van der Waals surface area contributed by atoms with Gasteiger partial charge in [0, 0.05) is 37.8 Å². The second-order valence-electron chi connectivity index (χ2n) is 17.6. The van der Waals surface area contributed by atoms with E-state index in [1.165, 1.54) is 11.1 Å². The third-order valence-electron chi connectivity index (χ3n) is 14.7. The van der Waals surface area contributed by atoms with Gasteiger partial charge in [0.1, 0.15) is 31.0 Å². The van der Waals surface area contributed by atoms with Crippen LogP contribution in [0.1, 0.15) is 71.6 Å². The van der Waals surface area contributed by atoms with Gasteiger partial charge in [-0.05, 0) is 80.9 Å². The number of carbonyl (C=O) groups is 2. The molecule has 0 amide bonds. The van der Waals surface area contributed by atoms with Crippen molar-refractivity contribution in [3.8, 4) is 0 Å². The zero-order chi connectivity index (χ0) is 38.3. The summed E-state index contributed by atoms with van der Waals surface area (Å²) in [6, 6.07) is 0. The number of ether oxygens (including phenoxy) is 6. The van der Waals surface area contributed by atoms with Gasteiger partial charge in [-0.2, -0.15) is 0 Å². The van der Waals surface area contributed by atoms with Gasteiger partial charge in [0.2, 0.25) is 6.29 Å². The van der Waals surface area contributed by atoms with Gasteiger partial charge in [-0.1, -0.05) is 25.5 Å². The summed E-state index contributed by atoms with van der Waals surface area (Å²) >= 11 is 0. The topological polar surface area (TPSA) is 194 Å². The molecule has 0 aromatic rings. The highest BCUT2D eigenvalue weighted by atomic mass is 16.8. The Bertz CT molecular complexity index is 1580. The average molecular weight is 760 g/mol. The predicted octanol–water partition coefficient (Wildman–Crippen LogP) is 2.24. The fraction of sp³-hybridized carbons (Fsp3) is 0.800. The van der Waals surface area contributed by atoms with E-state index in [1.54, 1.807) is 13.2 Å². The number of allylic oxidation sites excluding steroid dienone is 2. The Kier molecular flexibility index (Phi) is 10.1.